The zero-order chi connectivity index (χ0) is 12.2. The van der Waals surface area contributed by atoms with E-state index in [9.17, 15) is 13.2 Å². The van der Waals surface area contributed by atoms with Crippen LogP contribution >= 0.6 is 0 Å². The van der Waals surface area contributed by atoms with Gasteiger partial charge in [-0.15, -0.1) is 13.2 Å². The lowest BCUT2D eigenvalue weighted by molar-refractivity contribution is -0.274. The maximum absolute atomic E-state index is 11.8. The van der Waals surface area contributed by atoms with Crippen LogP contribution in [0.3, 0.4) is 0 Å². The van der Waals surface area contributed by atoms with Crippen LogP contribution in [0, 0.1) is 0 Å². The van der Waals surface area contributed by atoms with Crippen molar-refractivity contribution in [3.8, 4) is 5.75 Å². The average molecular weight is 233 g/mol. The van der Waals surface area contributed by atoms with Gasteiger partial charge >= 0.3 is 6.36 Å². The highest BCUT2D eigenvalue weighted by molar-refractivity contribution is 6.00. The van der Waals surface area contributed by atoms with Crippen LogP contribution in [0.25, 0.3) is 0 Å². The Hall–Kier alpha value is -1.72. The van der Waals surface area contributed by atoms with E-state index in [1.165, 1.54) is 24.3 Å². The highest BCUT2D eigenvalue weighted by Crippen LogP contribution is 2.23. The summed E-state index contributed by atoms with van der Waals surface area (Å²) in [6.07, 6.45) is -4.21. The van der Waals surface area contributed by atoms with E-state index in [0.29, 0.717) is 17.7 Å². The lowest BCUT2D eigenvalue weighted by Gasteiger charge is -2.09. The molecule has 3 nitrogen and oxygen atoms in total. The van der Waals surface area contributed by atoms with E-state index in [-0.39, 0.29) is 5.75 Å². The predicted octanol–water partition coefficient (Wildman–Crippen LogP) is 3.17. The smallest absolute Gasteiger partial charge is 0.411 e. The molecule has 6 heteroatoms. The summed E-state index contributed by atoms with van der Waals surface area (Å²) in [5, 5.41) is 11.6. The first-order valence-corrected chi connectivity index (χ1v) is 4.53. The fourth-order valence-electron chi connectivity index (χ4n) is 1.18. The van der Waals surface area contributed by atoms with E-state index in [1.54, 1.807) is 6.92 Å². The number of oxime groups is 1. The monoisotopic (exact) mass is 233 g/mol. The Bertz CT molecular complexity index is 371. The van der Waals surface area contributed by atoms with Crippen LogP contribution < -0.4 is 4.74 Å². The van der Waals surface area contributed by atoms with Crippen molar-refractivity contribution in [3.05, 3.63) is 29.8 Å². The molecule has 0 atom stereocenters. The topological polar surface area (TPSA) is 41.8 Å². The molecule has 1 rings (SSSR count). The molecule has 1 aromatic rings. The lowest BCUT2D eigenvalue weighted by atomic mass is 10.1. The van der Waals surface area contributed by atoms with E-state index >= 15 is 0 Å². The molecule has 0 heterocycles. The number of hydrogen-bond acceptors (Lipinski definition) is 3. The Morgan fingerprint density at radius 1 is 1.31 bits per heavy atom. The molecule has 1 aromatic carbocycles. The van der Waals surface area contributed by atoms with Crippen LogP contribution in [0.15, 0.2) is 29.4 Å². The minimum atomic E-state index is -4.69. The van der Waals surface area contributed by atoms with Crippen molar-refractivity contribution in [2.24, 2.45) is 5.16 Å². The normalized spacial score (nSPS) is 12.6. The zero-order valence-electron chi connectivity index (χ0n) is 8.45. The molecule has 0 aliphatic heterocycles. The van der Waals surface area contributed by atoms with Gasteiger partial charge in [-0.2, -0.15) is 0 Å². The molecule has 0 saturated carbocycles. The van der Waals surface area contributed by atoms with Gasteiger partial charge in [-0.05, 0) is 36.2 Å². The first-order valence-electron chi connectivity index (χ1n) is 4.53. The summed E-state index contributed by atoms with van der Waals surface area (Å²) in [7, 11) is 0. The molecule has 0 unspecified atom stereocenters. The molecule has 0 aliphatic rings. The Morgan fingerprint density at radius 3 is 2.25 bits per heavy atom. The Morgan fingerprint density at radius 2 is 1.88 bits per heavy atom. The quantitative estimate of drug-likeness (QED) is 0.495. The van der Waals surface area contributed by atoms with Crippen molar-refractivity contribution >= 4 is 5.71 Å². The number of halogens is 3. The summed E-state index contributed by atoms with van der Waals surface area (Å²) in [4.78, 5) is 0. The molecule has 0 aliphatic carbocycles. The van der Waals surface area contributed by atoms with E-state index < -0.39 is 6.36 Å². The number of ether oxygens (including phenoxy) is 1. The van der Waals surface area contributed by atoms with Crippen molar-refractivity contribution in [1.82, 2.24) is 0 Å². The molecule has 1 N–H and O–H groups in total. The molecular weight excluding hydrogens is 223 g/mol. The maximum Gasteiger partial charge on any atom is 0.573 e. The number of benzene rings is 1. The van der Waals surface area contributed by atoms with Crippen LogP contribution in [0.2, 0.25) is 0 Å². The Labute approximate surface area is 90.1 Å². The third kappa shape index (κ3) is 3.45. The van der Waals surface area contributed by atoms with E-state index in [2.05, 4.69) is 9.89 Å². The molecule has 0 aromatic heterocycles. The molecule has 0 saturated heterocycles. The van der Waals surface area contributed by atoms with Gasteiger partial charge in [0, 0.05) is 0 Å². The molecule has 0 radical (unpaired) electrons. The van der Waals surface area contributed by atoms with E-state index in [4.69, 9.17) is 5.21 Å². The second-order valence-corrected chi connectivity index (χ2v) is 2.97. The minimum Gasteiger partial charge on any atom is -0.411 e. The largest absolute Gasteiger partial charge is 0.573 e. The van der Waals surface area contributed by atoms with Crippen molar-refractivity contribution in [3.63, 3.8) is 0 Å². The van der Waals surface area contributed by atoms with Gasteiger partial charge in [-0.1, -0.05) is 12.1 Å². The second-order valence-electron chi connectivity index (χ2n) is 2.97. The summed E-state index contributed by atoms with van der Waals surface area (Å²) in [6, 6.07) is 5.15. The highest BCUT2D eigenvalue weighted by Gasteiger charge is 2.30. The van der Waals surface area contributed by atoms with Crippen LogP contribution in [0.5, 0.6) is 5.75 Å². The number of hydrogen-bond donors (Lipinski definition) is 1. The Balaban J connectivity index is 2.83. The summed E-state index contributed by atoms with van der Waals surface area (Å²) in [5.74, 6) is -0.301. The van der Waals surface area contributed by atoms with Crippen molar-refractivity contribution in [2.45, 2.75) is 19.7 Å². The van der Waals surface area contributed by atoms with Gasteiger partial charge in [-0.3, -0.25) is 0 Å². The van der Waals surface area contributed by atoms with Gasteiger partial charge in [0.25, 0.3) is 0 Å². The van der Waals surface area contributed by atoms with Crippen LogP contribution in [-0.4, -0.2) is 17.3 Å². The maximum atomic E-state index is 11.8. The lowest BCUT2D eigenvalue weighted by Crippen LogP contribution is -2.17. The van der Waals surface area contributed by atoms with E-state index in [0.717, 1.165) is 0 Å². The van der Waals surface area contributed by atoms with Crippen LogP contribution in [0.1, 0.15) is 18.9 Å². The number of nitrogens with zero attached hydrogens (tertiary/aromatic N) is 1. The van der Waals surface area contributed by atoms with Gasteiger partial charge in [0.15, 0.2) is 0 Å². The fraction of sp³-hybridized carbons (Fsp3) is 0.300. The standard InChI is InChI=1S/C10H10F3NO2/c1-2-9(14-15)7-3-5-8(6-4-7)16-10(11,12)13/h3-6,15H,2H2,1H3/b14-9-. The average Bonchev–Trinajstić information content (AvgIpc) is 2.20. The van der Waals surface area contributed by atoms with Crippen molar-refractivity contribution < 1.29 is 23.1 Å². The first kappa shape index (κ1) is 12.4. The summed E-state index contributed by atoms with van der Waals surface area (Å²) in [5.41, 5.74) is 0.957. The number of alkyl halides is 3. The third-order valence-corrected chi connectivity index (χ3v) is 1.88. The summed E-state index contributed by atoms with van der Waals surface area (Å²) in [6.45, 7) is 1.77. The first-order chi connectivity index (χ1) is 7.46. The summed E-state index contributed by atoms with van der Waals surface area (Å²) < 4.78 is 39.2. The fourth-order valence-corrected chi connectivity index (χ4v) is 1.18. The Kier molecular flexibility index (Phi) is 3.76. The SMILES string of the molecule is CC/C(=N/O)c1ccc(OC(F)(F)F)cc1. The van der Waals surface area contributed by atoms with Gasteiger partial charge < -0.3 is 9.94 Å². The molecule has 0 spiro atoms. The van der Waals surface area contributed by atoms with Crippen molar-refractivity contribution in [1.29, 1.82) is 0 Å². The van der Waals surface area contributed by atoms with Gasteiger partial charge in [-0.25, -0.2) is 0 Å². The third-order valence-electron chi connectivity index (χ3n) is 1.88. The molecule has 0 amide bonds. The van der Waals surface area contributed by atoms with Gasteiger partial charge in [0.05, 0.1) is 5.71 Å². The number of rotatable bonds is 3. The second kappa shape index (κ2) is 4.87. The molecule has 88 valence electrons. The molecule has 0 bridgehead atoms. The zero-order valence-corrected chi connectivity index (χ0v) is 8.45. The summed E-state index contributed by atoms with van der Waals surface area (Å²) >= 11 is 0. The van der Waals surface area contributed by atoms with Gasteiger partial charge in [0.1, 0.15) is 5.75 Å². The predicted molar refractivity (Wildman–Crippen MR) is 51.7 cm³/mol. The van der Waals surface area contributed by atoms with Crippen molar-refractivity contribution in [2.75, 3.05) is 0 Å². The van der Waals surface area contributed by atoms with Crippen LogP contribution in [0.4, 0.5) is 13.2 Å². The van der Waals surface area contributed by atoms with Gasteiger partial charge in [0.2, 0.25) is 0 Å². The minimum absolute atomic E-state index is 0.301. The van der Waals surface area contributed by atoms with Crippen LogP contribution in [-0.2, 0) is 0 Å². The van der Waals surface area contributed by atoms with E-state index in [1.807, 2.05) is 0 Å². The highest BCUT2D eigenvalue weighted by atomic mass is 19.4. The molecule has 16 heavy (non-hydrogen) atoms. The molecular formula is C10H10F3NO2. The molecule has 0 fully saturated rings.